The Balaban J connectivity index is 0.00000338. The van der Waals surface area contributed by atoms with E-state index in [1.165, 1.54) is 24.8 Å². The molecule has 0 atom stereocenters. The lowest BCUT2D eigenvalue weighted by atomic mass is 10.1. The molecule has 1 aliphatic rings. The van der Waals surface area contributed by atoms with Crippen LogP contribution in [0.2, 0.25) is 0 Å². The molecule has 0 aliphatic carbocycles. The van der Waals surface area contributed by atoms with E-state index in [1.54, 1.807) is 18.2 Å². The number of hydrogen-bond acceptors (Lipinski definition) is 6. The first-order valence-corrected chi connectivity index (χ1v) is 9.88. The minimum Gasteiger partial charge on any atom is -0.493 e. The Kier molecular flexibility index (Phi) is 8.61. The fourth-order valence-electron chi connectivity index (χ4n) is 2.77. The van der Waals surface area contributed by atoms with Crippen LogP contribution in [0.5, 0.6) is 11.5 Å². The number of para-hydroxylation sites is 1. The maximum atomic E-state index is 12.4. The standard InChI is InChI=1S/C16H25N3O5S.ClH/c1-23-14-6-4-5-13(15(14)24-2)16(20)17-7-8-18-9-11-19(12-10-18)25(3,21)22;/h4-6H,7-12H2,1-3H3,(H,17,20);1H. The van der Waals surface area contributed by atoms with Crippen molar-refractivity contribution in [3.8, 4) is 11.5 Å². The first-order chi connectivity index (χ1) is 11.9. The summed E-state index contributed by atoms with van der Waals surface area (Å²) in [6.45, 7) is 3.41. The summed E-state index contributed by atoms with van der Waals surface area (Å²) in [4.78, 5) is 14.5. The predicted molar refractivity (Wildman–Crippen MR) is 102 cm³/mol. The minimum atomic E-state index is -3.12. The predicted octanol–water partition coefficient (Wildman–Crippen LogP) is 0.433. The van der Waals surface area contributed by atoms with E-state index in [4.69, 9.17) is 9.47 Å². The molecule has 1 saturated heterocycles. The Morgan fingerprint density at radius 2 is 1.81 bits per heavy atom. The van der Waals surface area contributed by atoms with Crippen LogP contribution in [0.3, 0.4) is 0 Å². The largest absolute Gasteiger partial charge is 0.493 e. The molecule has 10 heteroatoms. The first kappa shape index (κ1) is 22.5. The molecule has 1 N–H and O–H groups in total. The third-order valence-corrected chi connectivity index (χ3v) is 5.46. The summed E-state index contributed by atoms with van der Waals surface area (Å²) in [5.41, 5.74) is 0.420. The normalized spacial score (nSPS) is 15.8. The molecule has 0 unspecified atom stereocenters. The van der Waals surface area contributed by atoms with Crippen molar-refractivity contribution >= 4 is 28.3 Å². The lowest BCUT2D eigenvalue weighted by Crippen LogP contribution is -2.49. The van der Waals surface area contributed by atoms with Crippen LogP contribution in [0.15, 0.2) is 18.2 Å². The van der Waals surface area contributed by atoms with Crippen molar-refractivity contribution in [3.05, 3.63) is 23.8 Å². The molecular weight excluding hydrogens is 382 g/mol. The van der Waals surface area contributed by atoms with Crippen LogP contribution in [0.1, 0.15) is 10.4 Å². The van der Waals surface area contributed by atoms with Crippen LogP contribution in [0.4, 0.5) is 0 Å². The average molecular weight is 408 g/mol. The highest BCUT2D eigenvalue weighted by Crippen LogP contribution is 2.30. The van der Waals surface area contributed by atoms with Gasteiger partial charge in [-0.15, -0.1) is 12.4 Å². The number of carbonyl (C=O) groups excluding carboxylic acids is 1. The summed E-state index contributed by atoms with van der Waals surface area (Å²) in [6, 6.07) is 5.15. The van der Waals surface area contributed by atoms with Crippen molar-refractivity contribution < 1.29 is 22.7 Å². The van der Waals surface area contributed by atoms with Crippen molar-refractivity contribution in [1.29, 1.82) is 0 Å². The van der Waals surface area contributed by atoms with Gasteiger partial charge in [-0.2, -0.15) is 4.31 Å². The number of benzene rings is 1. The zero-order valence-corrected chi connectivity index (χ0v) is 16.9. The van der Waals surface area contributed by atoms with Crippen LogP contribution in [-0.4, -0.2) is 83.3 Å². The van der Waals surface area contributed by atoms with E-state index in [0.29, 0.717) is 56.3 Å². The Morgan fingerprint density at radius 3 is 2.35 bits per heavy atom. The SMILES string of the molecule is COc1cccc(C(=O)NCCN2CCN(S(C)(=O)=O)CC2)c1OC.Cl. The van der Waals surface area contributed by atoms with Crippen molar-refractivity contribution in [3.63, 3.8) is 0 Å². The molecule has 0 radical (unpaired) electrons. The zero-order valence-electron chi connectivity index (χ0n) is 15.2. The number of methoxy groups -OCH3 is 2. The summed E-state index contributed by atoms with van der Waals surface area (Å²) < 4.78 is 34.9. The molecule has 0 bridgehead atoms. The lowest BCUT2D eigenvalue weighted by Gasteiger charge is -2.33. The van der Waals surface area contributed by atoms with E-state index in [9.17, 15) is 13.2 Å². The molecular formula is C16H26ClN3O5S. The molecule has 2 rings (SSSR count). The first-order valence-electron chi connectivity index (χ1n) is 8.03. The van der Waals surface area contributed by atoms with Gasteiger partial charge >= 0.3 is 0 Å². The molecule has 1 aliphatic heterocycles. The van der Waals surface area contributed by atoms with Crippen molar-refractivity contribution in [2.24, 2.45) is 0 Å². The van der Waals surface area contributed by atoms with Crippen LogP contribution >= 0.6 is 12.4 Å². The lowest BCUT2D eigenvalue weighted by molar-refractivity contribution is 0.0941. The van der Waals surface area contributed by atoms with Gasteiger partial charge in [0, 0.05) is 39.3 Å². The van der Waals surface area contributed by atoms with Crippen molar-refractivity contribution in [2.75, 3.05) is 59.7 Å². The van der Waals surface area contributed by atoms with Gasteiger partial charge in [0.15, 0.2) is 11.5 Å². The Bertz CT molecular complexity index is 706. The van der Waals surface area contributed by atoms with Gasteiger partial charge in [0.25, 0.3) is 5.91 Å². The van der Waals surface area contributed by atoms with E-state index in [2.05, 4.69) is 10.2 Å². The number of ether oxygens (including phenoxy) is 2. The molecule has 1 heterocycles. The summed E-state index contributed by atoms with van der Waals surface area (Å²) in [5.74, 6) is 0.682. The number of nitrogens with one attached hydrogen (secondary N) is 1. The van der Waals surface area contributed by atoms with E-state index < -0.39 is 10.0 Å². The minimum absolute atomic E-state index is 0. The molecule has 26 heavy (non-hydrogen) atoms. The second-order valence-corrected chi connectivity index (χ2v) is 7.78. The molecule has 148 valence electrons. The molecule has 1 amide bonds. The maximum absolute atomic E-state index is 12.4. The quantitative estimate of drug-likeness (QED) is 0.705. The second kappa shape index (κ2) is 9.96. The maximum Gasteiger partial charge on any atom is 0.255 e. The highest BCUT2D eigenvalue weighted by Gasteiger charge is 2.23. The average Bonchev–Trinajstić information content (AvgIpc) is 2.60. The van der Waals surface area contributed by atoms with Gasteiger partial charge in [0.2, 0.25) is 10.0 Å². The van der Waals surface area contributed by atoms with Gasteiger partial charge < -0.3 is 14.8 Å². The summed E-state index contributed by atoms with van der Waals surface area (Å²) >= 11 is 0. The highest BCUT2D eigenvalue weighted by atomic mass is 35.5. The summed E-state index contributed by atoms with van der Waals surface area (Å²) in [7, 11) is -0.103. The third kappa shape index (κ3) is 5.73. The Hall–Kier alpha value is -1.55. The molecule has 1 aromatic carbocycles. The molecule has 0 aromatic heterocycles. The van der Waals surface area contributed by atoms with Crippen LogP contribution in [-0.2, 0) is 10.0 Å². The molecule has 0 saturated carbocycles. The molecule has 0 spiro atoms. The number of halogens is 1. The third-order valence-electron chi connectivity index (χ3n) is 4.16. The van der Waals surface area contributed by atoms with Crippen LogP contribution < -0.4 is 14.8 Å². The van der Waals surface area contributed by atoms with Crippen LogP contribution in [0, 0.1) is 0 Å². The van der Waals surface area contributed by atoms with Gasteiger partial charge in [-0.3, -0.25) is 9.69 Å². The summed E-state index contributed by atoms with van der Waals surface area (Å²) in [6.07, 6.45) is 1.23. The summed E-state index contributed by atoms with van der Waals surface area (Å²) in [5, 5.41) is 2.87. The van der Waals surface area contributed by atoms with Gasteiger partial charge in [-0.05, 0) is 12.1 Å². The number of piperazine rings is 1. The van der Waals surface area contributed by atoms with Gasteiger partial charge in [-0.1, -0.05) is 6.07 Å². The van der Waals surface area contributed by atoms with Gasteiger partial charge in [-0.25, -0.2) is 8.42 Å². The second-order valence-electron chi connectivity index (χ2n) is 5.80. The van der Waals surface area contributed by atoms with Crippen molar-refractivity contribution in [2.45, 2.75) is 0 Å². The number of rotatable bonds is 7. The number of amides is 1. The Labute approximate surface area is 160 Å². The van der Waals surface area contributed by atoms with E-state index in [1.807, 2.05) is 0 Å². The molecule has 8 nitrogen and oxygen atoms in total. The fraction of sp³-hybridized carbons (Fsp3) is 0.562. The van der Waals surface area contributed by atoms with E-state index in [-0.39, 0.29) is 18.3 Å². The number of hydrogen-bond donors (Lipinski definition) is 1. The topological polar surface area (TPSA) is 88.2 Å². The Morgan fingerprint density at radius 1 is 1.15 bits per heavy atom. The van der Waals surface area contributed by atoms with E-state index in [0.717, 1.165) is 0 Å². The smallest absolute Gasteiger partial charge is 0.255 e. The fourth-order valence-corrected chi connectivity index (χ4v) is 3.60. The number of carbonyl (C=O) groups is 1. The molecule has 1 aromatic rings. The zero-order chi connectivity index (χ0) is 18.4. The highest BCUT2D eigenvalue weighted by molar-refractivity contribution is 7.88. The monoisotopic (exact) mass is 407 g/mol. The van der Waals surface area contributed by atoms with E-state index >= 15 is 0 Å². The van der Waals surface area contributed by atoms with Gasteiger partial charge in [0.1, 0.15) is 0 Å². The van der Waals surface area contributed by atoms with Crippen molar-refractivity contribution in [1.82, 2.24) is 14.5 Å². The number of nitrogens with zero attached hydrogens (tertiary/aromatic N) is 2. The van der Waals surface area contributed by atoms with Crippen LogP contribution in [0.25, 0.3) is 0 Å². The molecule has 1 fully saturated rings. The number of sulfonamides is 1. The van der Waals surface area contributed by atoms with Gasteiger partial charge in [0.05, 0.1) is 26.0 Å².